The number of nitrogens with zero attached hydrogens (tertiary/aromatic N) is 1. The summed E-state index contributed by atoms with van der Waals surface area (Å²) in [6.07, 6.45) is 0.828. The average Bonchev–Trinajstić information content (AvgIpc) is 2.84. The minimum Gasteiger partial charge on any atom is -0.390 e. The number of benzene rings is 2. The number of nitrogens with one attached hydrogen (secondary N) is 1. The maximum absolute atomic E-state index is 13.8. The van der Waals surface area contributed by atoms with Gasteiger partial charge in [-0.05, 0) is 74.1 Å². The summed E-state index contributed by atoms with van der Waals surface area (Å²) in [6, 6.07) is 6.87. The van der Waals surface area contributed by atoms with Crippen molar-refractivity contribution >= 4 is 11.8 Å². The molecule has 0 aliphatic carbocycles. The monoisotopic (exact) mass is 518 g/mol. The Kier molecular flexibility index (Phi) is 12.1. The molecule has 204 valence electrons. The van der Waals surface area contributed by atoms with Crippen molar-refractivity contribution in [3.63, 3.8) is 0 Å². The third-order valence-corrected chi connectivity index (χ3v) is 6.22. The largest absolute Gasteiger partial charge is 0.390 e. The second-order valence-corrected chi connectivity index (χ2v) is 9.64. The molecule has 0 spiro atoms. The molecule has 2 rings (SSSR count). The highest BCUT2D eigenvalue weighted by atomic mass is 19.1. The van der Waals surface area contributed by atoms with E-state index in [1.165, 1.54) is 6.07 Å². The van der Waals surface area contributed by atoms with Crippen molar-refractivity contribution in [1.82, 2.24) is 10.2 Å². The molecule has 0 saturated carbocycles. The van der Waals surface area contributed by atoms with Gasteiger partial charge in [-0.3, -0.25) is 9.59 Å². The lowest BCUT2D eigenvalue weighted by Gasteiger charge is -2.28. The van der Waals surface area contributed by atoms with Gasteiger partial charge in [0.25, 0.3) is 11.8 Å². The molecule has 2 amide bonds. The third kappa shape index (κ3) is 9.20. The normalized spacial score (nSPS) is 13.6. The number of amides is 2. The van der Waals surface area contributed by atoms with E-state index in [1.54, 1.807) is 24.0 Å². The van der Waals surface area contributed by atoms with Crippen LogP contribution < -0.4 is 5.32 Å². The highest BCUT2D eigenvalue weighted by Crippen LogP contribution is 2.18. The van der Waals surface area contributed by atoms with Crippen LogP contribution >= 0.6 is 0 Å². The van der Waals surface area contributed by atoms with Crippen molar-refractivity contribution in [3.8, 4) is 0 Å². The molecule has 37 heavy (non-hydrogen) atoms. The van der Waals surface area contributed by atoms with Gasteiger partial charge in [-0.15, -0.1) is 0 Å². The molecule has 0 aliphatic rings. The number of unbranched alkanes of at least 4 members (excludes halogenated alkanes) is 1. The van der Waals surface area contributed by atoms with E-state index >= 15 is 0 Å². The zero-order valence-electron chi connectivity index (χ0n) is 22.3. The Morgan fingerprint density at radius 1 is 0.892 bits per heavy atom. The molecule has 6 nitrogen and oxygen atoms in total. The van der Waals surface area contributed by atoms with Gasteiger partial charge in [0.15, 0.2) is 0 Å². The first-order valence-corrected chi connectivity index (χ1v) is 13.1. The summed E-state index contributed by atoms with van der Waals surface area (Å²) in [5.74, 6) is -2.26. The van der Waals surface area contributed by atoms with Crippen molar-refractivity contribution in [2.24, 2.45) is 0 Å². The van der Waals surface area contributed by atoms with Gasteiger partial charge in [0, 0.05) is 30.3 Å². The molecule has 0 bridgehead atoms. The van der Waals surface area contributed by atoms with Crippen LogP contribution in [0.15, 0.2) is 36.4 Å². The van der Waals surface area contributed by atoms with Gasteiger partial charge in [-0.1, -0.05) is 33.6 Å². The predicted molar refractivity (Wildman–Crippen MR) is 141 cm³/mol. The lowest BCUT2D eigenvalue weighted by atomic mass is 9.94. The van der Waals surface area contributed by atoms with Gasteiger partial charge in [0.1, 0.15) is 17.7 Å². The zero-order chi connectivity index (χ0) is 27.5. The number of aliphatic hydroxyl groups excluding tert-OH is 2. The maximum Gasteiger partial charge on any atom is 0.253 e. The van der Waals surface area contributed by atoms with Gasteiger partial charge in [0.2, 0.25) is 0 Å². The van der Waals surface area contributed by atoms with Gasteiger partial charge in [-0.2, -0.15) is 0 Å². The quantitative estimate of drug-likeness (QED) is 0.336. The maximum atomic E-state index is 13.8. The Morgan fingerprint density at radius 2 is 1.49 bits per heavy atom. The number of halogens is 2. The Hall–Kier alpha value is -2.84. The summed E-state index contributed by atoms with van der Waals surface area (Å²) in [5, 5.41) is 24.1. The average molecular weight is 519 g/mol. The third-order valence-electron chi connectivity index (χ3n) is 6.22. The van der Waals surface area contributed by atoms with Crippen LogP contribution in [0.4, 0.5) is 8.78 Å². The lowest BCUT2D eigenvalue weighted by molar-refractivity contribution is -0.00815. The van der Waals surface area contributed by atoms with Crippen LogP contribution in [0.3, 0.4) is 0 Å². The van der Waals surface area contributed by atoms with E-state index in [0.29, 0.717) is 31.5 Å². The predicted octanol–water partition coefficient (Wildman–Crippen LogP) is 4.79. The highest BCUT2D eigenvalue weighted by molar-refractivity contribution is 6.00. The number of hydrogen-bond acceptors (Lipinski definition) is 4. The van der Waals surface area contributed by atoms with Crippen molar-refractivity contribution in [1.29, 1.82) is 0 Å². The smallest absolute Gasteiger partial charge is 0.253 e. The summed E-state index contributed by atoms with van der Waals surface area (Å²) in [7, 11) is 0. The van der Waals surface area contributed by atoms with E-state index in [1.807, 2.05) is 20.8 Å². The van der Waals surface area contributed by atoms with Crippen LogP contribution in [0.1, 0.15) is 84.7 Å². The van der Waals surface area contributed by atoms with Gasteiger partial charge >= 0.3 is 0 Å². The van der Waals surface area contributed by atoms with Crippen molar-refractivity contribution in [3.05, 3.63) is 70.3 Å². The summed E-state index contributed by atoms with van der Waals surface area (Å²) in [5.41, 5.74) is 1.57. The van der Waals surface area contributed by atoms with Crippen LogP contribution in [-0.2, 0) is 6.42 Å². The summed E-state index contributed by atoms with van der Waals surface area (Å²) in [6.45, 7) is 8.94. The molecule has 3 unspecified atom stereocenters. The molecule has 3 atom stereocenters. The topological polar surface area (TPSA) is 89.9 Å². The number of hydrogen-bond donors (Lipinski definition) is 3. The van der Waals surface area contributed by atoms with Crippen molar-refractivity contribution in [2.45, 2.75) is 84.5 Å². The molecule has 0 radical (unpaired) electrons. The first-order chi connectivity index (χ1) is 17.6. The van der Waals surface area contributed by atoms with E-state index in [9.17, 15) is 28.6 Å². The van der Waals surface area contributed by atoms with E-state index in [-0.39, 0.29) is 23.5 Å². The lowest BCUT2D eigenvalue weighted by Crippen LogP contribution is -2.50. The van der Waals surface area contributed by atoms with Crippen molar-refractivity contribution < 1.29 is 28.6 Å². The molecular weight excluding hydrogens is 478 g/mol. The van der Waals surface area contributed by atoms with Gasteiger partial charge in [0.05, 0.1) is 12.1 Å². The van der Waals surface area contributed by atoms with E-state index in [4.69, 9.17) is 0 Å². The number of aryl methyl sites for hydroxylation is 1. The fraction of sp³-hybridized carbons (Fsp3) is 0.517. The first-order valence-electron chi connectivity index (χ1n) is 13.1. The minimum absolute atomic E-state index is 0.0941. The number of rotatable bonds is 14. The molecule has 0 fully saturated rings. The molecule has 0 aliphatic heterocycles. The molecular formula is C29H40F2N2O4. The van der Waals surface area contributed by atoms with Crippen LogP contribution in [0, 0.1) is 18.6 Å². The second kappa shape index (κ2) is 14.8. The number of carbonyl (C=O) groups excluding carboxylic acids is 2. The SMILES string of the molecule is CCCCC(O)C(O)C(Cc1cc(F)cc(F)c1)NC(=O)c1cc(C)cc(C(=O)N(CCC)CCC)c1. The fourth-order valence-corrected chi connectivity index (χ4v) is 4.42. The van der Waals surface area contributed by atoms with E-state index < -0.39 is 35.8 Å². The van der Waals surface area contributed by atoms with Crippen LogP contribution in [0.5, 0.6) is 0 Å². The first kappa shape index (κ1) is 30.4. The van der Waals surface area contributed by atoms with Gasteiger partial charge in [-0.25, -0.2) is 8.78 Å². The molecule has 0 heterocycles. The second-order valence-electron chi connectivity index (χ2n) is 9.64. The summed E-state index contributed by atoms with van der Waals surface area (Å²) in [4.78, 5) is 28.2. The Morgan fingerprint density at radius 3 is 2.05 bits per heavy atom. The zero-order valence-corrected chi connectivity index (χ0v) is 22.3. The standard InChI is InChI=1S/C29H40F2N2O4/c1-5-8-9-26(34)27(35)25(16-20-14-23(30)18-24(31)15-20)32-28(36)21-12-19(4)13-22(17-21)29(37)33(10-6-2)11-7-3/h12-15,17-18,25-27,34-35H,5-11,16H2,1-4H3,(H,32,36). The van der Waals surface area contributed by atoms with Crippen LogP contribution in [-0.4, -0.2) is 58.3 Å². The fourth-order valence-electron chi connectivity index (χ4n) is 4.42. The molecule has 2 aromatic carbocycles. The van der Waals surface area contributed by atoms with Crippen molar-refractivity contribution in [2.75, 3.05) is 13.1 Å². The summed E-state index contributed by atoms with van der Waals surface area (Å²) >= 11 is 0. The highest BCUT2D eigenvalue weighted by Gasteiger charge is 2.29. The van der Waals surface area contributed by atoms with Crippen LogP contribution in [0.25, 0.3) is 0 Å². The molecule has 0 saturated heterocycles. The Balaban J connectivity index is 2.34. The molecule has 0 aromatic heterocycles. The molecule has 2 aromatic rings. The van der Waals surface area contributed by atoms with Crippen LogP contribution in [0.2, 0.25) is 0 Å². The molecule has 3 N–H and O–H groups in total. The van der Waals surface area contributed by atoms with Gasteiger partial charge < -0.3 is 20.4 Å². The Labute approximate surface area is 218 Å². The van der Waals surface area contributed by atoms with E-state index in [2.05, 4.69) is 5.32 Å². The minimum atomic E-state index is -1.36. The molecule has 8 heteroatoms. The summed E-state index contributed by atoms with van der Waals surface area (Å²) < 4.78 is 27.6. The number of carbonyl (C=O) groups is 2. The van der Waals surface area contributed by atoms with E-state index in [0.717, 1.165) is 43.0 Å². The Bertz CT molecular complexity index is 1020. The number of aliphatic hydroxyl groups is 2.